The number of esters is 2. The maximum atomic E-state index is 14.7. The number of halogens is 1. The third kappa shape index (κ3) is 13.5. The molecule has 0 saturated carbocycles. The number of carbonyl (C=O) groups is 3. The van der Waals surface area contributed by atoms with E-state index in [2.05, 4.69) is 0 Å². The number of anilines is 1. The highest BCUT2D eigenvalue weighted by atomic mass is 35.5. The van der Waals surface area contributed by atoms with Crippen LogP contribution in [0.5, 0.6) is 5.75 Å². The van der Waals surface area contributed by atoms with Gasteiger partial charge in [0, 0.05) is 42.7 Å². The fourth-order valence-electron chi connectivity index (χ4n) is 12.0. The van der Waals surface area contributed by atoms with Crippen molar-refractivity contribution in [1.29, 1.82) is 0 Å². The highest BCUT2D eigenvalue weighted by Crippen LogP contribution is 2.44. The van der Waals surface area contributed by atoms with Gasteiger partial charge in [0.2, 0.25) is 5.91 Å². The standard InChI is InChI=1S/C56H86ClN3O15/c1-16-43-56(10,67)48(62)34(6)59(13)28-30(2)26-54(8,66)50(32(4)46(33(5)52(65)72-43)74-45-27-55(9,69-15)49(63)35(7)71-45)75-53-47(42(58(11)12)23-31(3)70-53)73-44(61)25-40-39-24-38(68-14)21-22-41(39)60(51(40)64)29-36-17-19-37(57)20-18-36/h17-22,24,30-35,40,42-43,45-50,53,62-63,66-67H,16,23,25-29H2,1-15H3/t30-,31-,32+,33-,34-,35+,40?,42?,43-,45+,46+,47-,48-,49+,50-,53+,54-,55-,56-/m1/s1. The van der Waals surface area contributed by atoms with Gasteiger partial charge < -0.3 is 73.0 Å². The molecule has 4 aliphatic heterocycles. The van der Waals surface area contributed by atoms with E-state index in [0.717, 1.165) is 5.56 Å². The summed E-state index contributed by atoms with van der Waals surface area (Å²) in [5, 5.41) is 48.5. The maximum absolute atomic E-state index is 14.7. The summed E-state index contributed by atoms with van der Waals surface area (Å²) in [7, 11) is 8.58. The minimum atomic E-state index is -1.87. The van der Waals surface area contributed by atoms with E-state index in [-0.39, 0.29) is 44.1 Å². The highest BCUT2D eigenvalue weighted by molar-refractivity contribution is 6.30. The molecule has 0 aromatic heterocycles. The van der Waals surface area contributed by atoms with Gasteiger partial charge in [-0.25, -0.2) is 0 Å². The number of nitrogens with zero attached hydrogens (tertiary/aromatic N) is 3. The first-order valence-corrected chi connectivity index (χ1v) is 26.9. The molecule has 75 heavy (non-hydrogen) atoms. The van der Waals surface area contributed by atoms with Gasteiger partial charge >= 0.3 is 11.9 Å². The van der Waals surface area contributed by atoms with Gasteiger partial charge in [0.05, 0.1) is 73.6 Å². The first-order valence-electron chi connectivity index (χ1n) is 26.5. The van der Waals surface area contributed by atoms with Gasteiger partial charge in [-0.3, -0.25) is 14.4 Å². The maximum Gasteiger partial charge on any atom is 0.311 e. The van der Waals surface area contributed by atoms with Crippen LogP contribution in [0.3, 0.4) is 0 Å². The second-order valence-corrected chi connectivity index (χ2v) is 23.3. The second-order valence-electron chi connectivity index (χ2n) is 22.9. The van der Waals surface area contributed by atoms with E-state index in [4.69, 9.17) is 49.5 Å². The predicted molar refractivity (Wildman–Crippen MR) is 281 cm³/mol. The number of ether oxygens (including phenoxy) is 8. The van der Waals surface area contributed by atoms with Crippen molar-refractivity contribution < 1.29 is 72.7 Å². The van der Waals surface area contributed by atoms with Crippen LogP contribution in [0.2, 0.25) is 5.02 Å². The Labute approximate surface area is 449 Å². The SMILES string of the molecule is CC[C@H]1OC(=O)[C@H](C)[C@@H](O[C@H]2C[C@@](C)(OC)[C@@H](O)[C@H](C)O2)[C@H](C)[C@@H](O[C@@H]2O[C@H](C)CC(N(C)C)[C@H]2OC(=O)CC2C(=O)N(Cc3ccc(Cl)cc3)c3ccc(OC)cc32)[C@](C)(O)C[C@@H](C)CN(C)[C@H](C)[C@@H](O)[C@]1(C)O. The molecule has 18 nitrogen and oxygen atoms in total. The van der Waals surface area contributed by atoms with Crippen molar-refractivity contribution in [3.63, 3.8) is 0 Å². The molecule has 0 spiro atoms. The van der Waals surface area contributed by atoms with Crippen LogP contribution in [0.1, 0.15) is 118 Å². The van der Waals surface area contributed by atoms with Gasteiger partial charge in [0.15, 0.2) is 18.7 Å². The molecule has 2 unspecified atom stereocenters. The molecule has 0 bridgehead atoms. The van der Waals surface area contributed by atoms with Gasteiger partial charge in [0.25, 0.3) is 0 Å². The Hall–Kier alpha value is -3.50. The van der Waals surface area contributed by atoms with Crippen molar-refractivity contribution in [1.82, 2.24) is 9.80 Å². The molecule has 2 aromatic carbocycles. The number of cyclic esters (lactones) is 1. The zero-order chi connectivity index (χ0) is 55.6. The van der Waals surface area contributed by atoms with Gasteiger partial charge in [-0.1, -0.05) is 44.5 Å². The van der Waals surface area contributed by atoms with E-state index in [1.807, 2.05) is 63.0 Å². The number of benzene rings is 2. The first-order chi connectivity index (χ1) is 35.1. The van der Waals surface area contributed by atoms with Gasteiger partial charge in [-0.05, 0) is 136 Å². The lowest BCUT2D eigenvalue weighted by Gasteiger charge is -2.49. The summed E-state index contributed by atoms with van der Waals surface area (Å²) in [5.74, 6) is -4.38. The fourth-order valence-corrected chi connectivity index (χ4v) is 12.1. The average molecular weight is 1080 g/mol. The summed E-state index contributed by atoms with van der Waals surface area (Å²) in [6, 6.07) is 11.5. The van der Waals surface area contributed by atoms with Crippen LogP contribution in [0.4, 0.5) is 5.69 Å². The highest BCUT2D eigenvalue weighted by Gasteiger charge is 2.54. The summed E-state index contributed by atoms with van der Waals surface area (Å²) in [6.45, 7) is 18.0. The number of rotatable bonds is 13. The molecule has 4 heterocycles. The zero-order valence-corrected chi connectivity index (χ0v) is 47.5. The van der Waals surface area contributed by atoms with Crippen molar-refractivity contribution in [2.24, 2.45) is 17.8 Å². The quantitative estimate of drug-likeness (QED) is 0.174. The van der Waals surface area contributed by atoms with E-state index in [9.17, 15) is 34.8 Å². The largest absolute Gasteiger partial charge is 0.497 e. The molecular weight excluding hydrogens is 990 g/mol. The normalized spacial score (nSPS) is 39.6. The minimum absolute atomic E-state index is 0.0626. The number of amides is 1. The predicted octanol–water partition coefficient (Wildman–Crippen LogP) is 5.83. The Bertz CT molecular complexity index is 2250. The molecule has 1 amide bonds. The van der Waals surface area contributed by atoms with Gasteiger partial charge in [-0.15, -0.1) is 0 Å². The molecule has 0 radical (unpaired) electrons. The van der Waals surface area contributed by atoms with E-state index < -0.39 is 120 Å². The topological polar surface area (TPSA) is 216 Å². The Morgan fingerprint density at radius 1 is 0.907 bits per heavy atom. The summed E-state index contributed by atoms with van der Waals surface area (Å²) in [5.41, 5.74) is -2.60. The van der Waals surface area contributed by atoms with Gasteiger partial charge in [-0.2, -0.15) is 0 Å². The van der Waals surface area contributed by atoms with Crippen molar-refractivity contribution in [2.45, 2.75) is 204 Å². The number of hydrogen-bond acceptors (Lipinski definition) is 17. The average Bonchev–Trinajstić information content (AvgIpc) is 3.60. The lowest BCUT2D eigenvalue weighted by atomic mass is 9.77. The Kier molecular flexibility index (Phi) is 20.0. The van der Waals surface area contributed by atoms with Crippen LogP contribution < -0.4 is 9.64 Å². The molecule has 0 aliphatic carbocycles. The van der Waals surface area contributed by atoms with Crippen LogP contribution in [-0.4, -0.2) is 180 Å². The summed E-state index contributed by atoms with van der Waals surface area (Å²) in [6.07, 6.45) is -9.99. The van der Waals surface area contributed by atoms with Crippen LogP contribution in [0, 0.1) is 17.8 Å². The summed E-state index contributed by atoms with van der Waals surface area (Å²) < 4.78 is 51.0. The van der Waals surface area contributed by atoms with E-state index in [0.29, 0.717) is 35.0 Å². The van der Waals surface area contributed by atoms with Gasteiger partial charge in [0.1, 0.15) is 29.7 Å². The fraction of sp³-hybridized carbons (Fsp3) is 0.732. The van der Waals surface area contributed by atoms with Crippen molar-refractivity contribution in [3.05, 3.63) is 58.6 Å². The zero-order valence-electron chi connectivity index (χ0n) is 46.7. The van der Waals surface area contributed by atoms with Crippen molar-refractivity contribution >= 4 is 35.1 Å². The Morgan fingerprint density at radius 2 is 1.57 bits per heavy atom. The number of hydrogen-bond donors (Lipinski definition) is 4. The Morgan fingerprint density at radius 3 is 2.19 bits per heavy atom. The lowest BCUT2D eigenvalue weighted by Crippen LogP contribution is -2.61. The van der Waals surface area contributed by atoms with E-state index in [1.54, 1.807) is 77.6 Å². The number of carbonyl (C=O) groups excluding carboxylic acids is 3. The molecule has 6 rings (SSSR count). The van der Waals surface area contributed by atoms with Crippen LogP contribution >= 0.6 is 11.6 Å². The number of methoxy groups -OCH3 is 2. The second kappa shape index (κ2) is 24.7. The van der Waals surface area contributed by atoms with Crippen molar-refractivity contribution in [3.8, 4) is 5.75 Å². The van der Waals surface area contributed by atoms with Crippen LogP contribution in [0.25, 0.3) is 0 Å². The molecular formula is C56H86ClN3O15. The van der Waals surface area contributed by atoms with Crippen LogP contribution in [0.15, 0.2) is 42.5 Å². The molecule has 19 heteroatoms. The third-order valence-corrected chi connectivity index (χ3v) is 16.8. The molecule has 2 aromatic rings. The monoisotopic (exact) mass is 1080 g/mol. The summed E-state index contributed by atoms with van der Waals surface area (Å²) >= 11 is 6.19. The van der Waals surface area contributed by atoms with E-state index in [1.165, 1.54) is 21.1 Å². The molecule has 4 N–H and O–H groups in total. The van der Waals surface area contributed by atoms with E-state index >= 15 is 0 Å². The number of aliphatic hydroxyl groups is 4. The third-order valence-electron chi connectivity index (χ3n) is 16.5. The molecule has 3 fully saturated rings. The molecule has 4 aliphatic rings. The lowest BCUT2D eigenvalue weighted by molar-refractivity contribution is -0.319. The molecule has 3 saturated heterocycles. The Balaban J connectivity index is 1.39. The van der Waals surface area contributed by atoms with Crippen molar-refractivity contribution in [2.75, 3.05) is 46.8 Å². The molecule has 422 valence electrons. The van der Waals surface area contributed by atoms with Crippen LogP contribution in [-0.2, 0) is 54.1 Å². The smallest absolute Gasteiger partial charge is 0.311 e. The number of aliphatic hydroxyl groups excluding tert-OH is 2. The summed E-state index contributed by atoms with van der Waals surface area (Å²) in [4.78, 5) is 49.2. The first kappa shape index (κ1) is 60.7. The number of fused-ring (bicyclic) bond motifs is 1. The minimum Gasteiger partial charge on any atom is -0.497 e. The number of likely N-dealkylation sites (N-methyl/N-ethyl adjacent to an activating group) is 2. The molecule has 19 atom stereocenters.